The molecule has 0 aliphatic carbocycles. The van der Waals surface area contributed by atoms with Gasteiger partial charge < -0.3 is 4.74 Å². The first-order chi connectivity index (χ1) is 14.0. The minimum atomic E-state index is -0.482. The number of carbonyl (C=O) groups excluding carboxylic acids is 1. The fourth-order valence-electron chi connectivity index (χ4n) is 3.45. The molecule has 1 aliphatic rings. The Kier molecular flexibility index (Phi) is 5.78. The first kappa shape index (κ1) is 19.8. The SMILES string of the molecule is C[C@@H](Sc1nc2ccccc2c(=O)n1C[C@H]1CCCO1)C(=O)c1ccc(F)cc1. The molecule has 2 atom stereocenters. The maximum atomic E-state index is 13.2. The fraction of sp³-hybridized carbons (Fsp3) is 0.318. The molecule has 1 saturated heterocycles. The van der Waals surface area contributed by atoms with Crippen molar-refractivity contribution in [3.63, 3.8) is 0 Å². The summed E-state index contributed by atoms with van der Waals surface area (Å²) in [6.45, 7) is 2.88. The highest BCUT2D eigenvalue weighted by molar-refractivity contribution is 8.00. The number of benzene rings is 2. The fourth-order valence-corrected chi connectivity index (χ4v) is 4.45. The van der Waals surface area contributed by atoms with E-state index in [2.05, 4.69) is 4.98 Å². The van der Waals surface area contributed by atoms with Crippen molar-refractivity contribution >= 4 is 28.4 Å². The molecule has 0 unspecified atom stereocenters. The number of ether oxygens (including phenoxy) is 1. The van der Waals surface area contributed by atoms with Crippen LogP contribution in [-0.2, 0) is 11.3 Å². The number of fused-ring (bicyclic) bond motifs is 1. The Balaban J connectivity index is 1.68. The van der Waals surface area contributed by atoms with Crippen molar-refractivity contribution in [1.82, 2.24) is 9.55 Å². The molecule has 2 heterocycles. The van der Waals surface area contributed by atoms with Crippen molar-refractivity contribution in [2.24, 2.45) is 0 Å². The van der Waals surface area contributed by atoms with Crippen molar-refractivity contribution < 1.29 is 13.9 Å². The summed E-state index contributed by atoms with van der Waals surface area (Å²) in [6, 6.07) is 12.7. The summed E-state index contributed by atoms with van der Waals surface area (Å²) in [4.78, 5) is 30.6. The molecule has 2 aromatic carbocycles. The summed E-state index contributed by atoms with van der Waals surface area (Å²) in [5.74, 6) is -0.524. The summed E-state index contributed by atoms with van der Waals surface area (Å²) in [6.07, 6.45) is 1.84. The lowest BCUT2D eigenvalue weighted by molar-refractivity contribution is 0.0937. The number of halogens is 1. The zero-order valence-electron chi connectivity index (χ0n) is 16.0. The molecule has 4 rings (SSSR count). The molecule has 150 valence electrons. The van der Waals surface area contributed by atoms with Crippen molar-refractivity contribution in [2.45, 2.75) is 42.8 Å². The van der Waals surface area contributed by atoms with Gasteiger partial charge in [0.1, 0.15) is 5.82 Å². The van der Waals surface area contributed by atoms with Gasteiger partial charge in [-0.1, -0.05) is 23.9 Å². The number of para-hydroxylation sites is 1. The highest BCUT2D eigenvalue weighted by Gasteiger charge is 2.23. The highest BCUT2D eigenvalue weighted by Crippen LogP contribution is 2.26. The predicted molar refractivity (Wildman–Crippen MR) is 111 cm³/mol. The van der Waals surface area contributed by atoms with Crippen LogP contribution in [0.1, 0.15) is 30.1 Å². The third-order valence-corrected chi connectivity index (χ3v) is 6.11. The lowest BCUT2D eigenvalue weighted by Crippen LogP contribution is -2.29. The lowest BCUT2D eigenvalue weighted by Gasteiger charge is -2.18. The van der Waals surface area contributed by atoms with Gasteiger partial charge >= 0.3 is 0 Å². The summed E-state index contributed by atoms with van der Waals surface area (Å²) < 4.78 is 20.5. The minimum Gasteiger partial charge on any atom is -0.376 e. The van der Waals surface area contributed by atoms with Gasteiger partial charge in [-0.15, -0.1) is 0 Å². The summed E-state index contributed by atoms with van der Waals surface area (Å²) >= 11 is 1.24. The Hall–Kier alpha value is -2.51. The van der Waals surface area contributed by atoms with E-state index in [1.165, 1.54) is 36.0 Å². The maximum absolute atomic E-state index is 13.2. The molecule has 0 saturated carbocycles. The average molecular weight is 412 g/mol. The van der Waals surface area contributed by atoms with E-state index in [1.807, 2.05) is 12.1 Å². The second-order valence-corrected chi connectivity index (χ2v) is 8.40. The quantitative estimate of drug-likeness (QED) is 0.347. The lowest BCUT2D eigenvalue weighted by atomic mass is 10.1. The largest absolute Gasteiger partial charge is 0.376 e. The number of hydrogen-bond acceptors (Lipinski definition) is 5. The Bertz CT molecular complexity index is 1090. The topological polar surface area (TPSA) is 61.2 Å². The maximum Gasteiger partial charge on any atom is 0.262 e. The molecule has 29 heavy (non-hydrogen) atoms. The zero-order valence-corrected chi connectivity index (χ0v) is 16.8. The number of thioether (sulfide) groups is 1. The van der Waals surface area contributed by atoms with Gasteiger partial charge in [0.15, 0.2) is 10.9 Å². The van der Waals surface area contributed by atoms with Crippen LogP contribution < -0.4 is 5.56 Å². The number of hydrogen-bond donors (Lipinski definition) is 0. The number of aromatic nitrogens is 2. The van der Waals surface area contributed by atoms with E-state index >= 15 is 0 Å². The number of nitrogens with zero attached hydrogens (tertiary/aromatic N) is 2. The normalized spacial score (nSPS) is 17.5. The first-order valence-corrected chi connectivity index (χ1v) is 10.5. The molecule has 3 aromatic rings. The molecular weight excluding hydrogens is 391 g/mol. The van der Waals surface area contributed by atoms with Crippen LogP contribution in [0.15, 0.2) is 58.5 Å². The smallest absolute Gasteiger partial charge is 0.262 e. The van der Waals surface area contributed by atoms with Crippen LogP contribution in [0.5, 0.6) is 0 Å². The summed E-state index contributed by atoms with van der Waals surface area (Å²) in [5.41, 5.74) is 0.903. The van der Waals surface area contributed by atoms with Crippen LogP contribution >= 0.6 is 11.8 Å². The summed E-state index contributed by atoms with van der Waals surface area (Å²) in [5, 5.41) is 0.559. The number of Topliss-reactive ketones (excluding diaryl/α,β-unsaturated/α-hetero) is 1. The molecular formula is C22H21FN2O3S. The van der Waals surface area contributed by atoms with Crippen molar-refractivity contribution in [2.75, 3.05) is 6.61 Å². The number of carbonyl (C=O) groups is 1. The Morgan fingerprint density at radius 3 is 2.76 bits per heavy atom. The van der Waals surface area contributed by atoms with E-state index in [4.69, 9.17) is 4.74 Å². The van der Waals surface area contributed by atoms with Gasteiger partial charge in [0.2, 0.25) is 0 Å². The van der Waals surface area contributed by atoms with Gasteiger partial charge in [0, 0.05) is 12.2 Å². The number of rotatable bonds is 6. The van der Waals surface area contributed by atoms with E-state index in [0.717, 1.165) is 12.8 Å². The molecule has 1 aromatic heterocycles. The molecule has 5 nitrogen and oxygen atoms in total. The van der Waals surface area contributed by atoms with E-state index < -0.39 is 5.25 Å². The monoisotopic (exact) mass is 412 g/mol. The molecule has 0 spiro atoms. The molecule has 1 aliphatic heterocycles. The second-order valence-electron chi connectivity index (χ2n) is 7.09. The van der Waals surface area contributed by atoms with Gasteiger partial charge in [0.25, 0.3) is 5.56 Å². The molecule has 0 radical (unpaired) electrons. The van der Waals surface area contributed by atoms with Crippen LogP contribution in [0.25, 0.3) is 10.9 Å². The molecule has 0 N–H and O–H groups in total. The standard InChI is InChI=1S/C22H21FN2O3S/c1-14(20(26)15-8-10-16(23)11-9-15)29-22-24-19-7-3-2-6-18(19)21(27)25(22)13-17-5-4-12-28-17/h2-3,6-11,14,17H,4-5,12-13H2,1H3/t14-,17-/m1/s1. The second kappa shape index (κ2) is 8.47. The van der Waals surface area contributed by atoms with Gasteiger partial charge in [-0.2, -0.15) is 0 Å². The zero-order chi connectivity index (χ0) is 20.4. The van der Waals surface area contributed by atoms with Crippen molar-refractivity contribution in [1.29, 1.82) is 0 Å². The molecule has 0 bridgehead atoms. The van der Waals surface area contributed by atoms with Crippen LogP contribution in [-0.4, -0.2) is 33.3 Å². The average Bonchev–Trinajstić information content (AvgIpc) is 3.24. The van der Waals surface area contributed by atoms with Crippen LogP contribution in [0.3, 0.4) is 0 Å². The van der Waals surface area contributed by atoms with Crippen molar-refractivity contribution in [3.8, 4) is 0 Å². The number of ketones is 1. The van der Waals surface area contributed by atoms with E-state index in [9.17, 15) is 14.0 Å². The highest BCUT2D eigenvalue weighted by atomic mass is 32.2. The third kappa shape index (κ3) is 4.26. The Morgan fingerprint density at radius 1 is 1.28 bits per heavy atom. The summed E-state index contributed by atoms with van der Waals surface area (Å²) in [7, 11) is 0. The Morgan fingerprint density at radius 2 is 2.03 bits per heavy atom. The molecule has 1 fully saturated rings. The van der Waals surface area contributed by atoms with E-state index in [1.54, 1.807) is 23.6 Å². The van der Waals surface area contributed by atoms with Crippen LogP contribution in [0.4, 0.5) is 4.39 Å². The van der Waals surface area contributed by atoms with Gasteiger partial charge in [-0.25, -0.2) is 9.37 Å². The van der Waals surface area contributed by atoms with Crippen LogP contribution in [0.2, 0.25) is 0 Å². The van der Waals surface area contributed by atoms with Crippen LogP contribution in [0, 0.1) is 5.82 Å². The van der Waals surface area contributed by atoms with Gasteiger partial charge in [-0.05, 0) is 56.2 Å². The Labute approximate surface area is 171 Å². The molecule has 7 heteroatoms. The minimum absolute atomic E-state index is 0.0295. The van der Waals surface area contributed by atoms with Gasteiger partial charge in [-0.3, -0.25) is 14.2 Å². The van der Waals surface area contributed by atoms with Gasteiger partial charge in [0.05, 0.1) is 28.8 Å². The van der Waals surface area contributed by atoms with E-state index in [-0.39, 0.29) is 23.3 Å². The van der Waals surface area contributed by atoms with Crippen molar-refractivity contribution in [3.05, 3.63) is 70.3 Å². The third-order valence-electron chi connectivity index (χ3n) is 5.02. The van der Waals surface area contributed by atoms with E-state index in [0.29, 0.717) is 34.8 Å². The molecule has 0 amide bonds. The first-order valence-electron chi connectivity index (χ1n) is 9.60. The predicted octanol–water partition coefficient (Wildman–Crippen LogP) is 4.08.